The van der Waals surface area contributed by atoms with E-state index in [1.807, 2.05) is 10.8 Å². The average Bonchev–Trinajstić information content (AvgIpc) is 2.60. The Morgan fingerprint density at radius 1 is 1.69 bits per heavy atom. The van der Waals surface area contributed by atoms with Crippen molar-refractivity contribution in [2.75, 3.05) is 0 Å². The lowest BCUT2D eigenvalue weighted by Gasteiger charge is -2.24. The molecule has 16 heavy (non-hydrogen) atoms. The second-order valence-corrected chi connectivity index (χ2v) is 4.88. The number of imidazole rings is 1. The molecule has 2 heterocycles. The van der Waals surface area contributed by atoms with Crippen molar-refractivity contribution in [1.29, 1.82) is 0 Å². The number of fused-ring (bicyclic) bond motifs is 1. The van der Waals surface area contributed by atoms with E-state index in [1.165, 1.54) is 0 Å². The van der Waals surface area contributed by atoms with E-state index < -0.39 is 12.0 Å². The molecule has 1 aromatic heterocycles. The summed E-state index contributed by atoms with van der Waals surface area (Å²) in [6.07, 6.45) is 5.32. The molecule has 0 saturated carbocycles. The highest BCUT2D eigenvalue weighted by Gasteiger charge is 2.28. The predicted molar refractivity (Wildman–Crippen MR) is 60.4 cm³/mol. The van der Waals surface area contributed by atoms with Crippen LogP contribution in [-0.2, 0) is 17.6 Å². The number of hydrogen-bond acceptors (Lipinski definition) is 2. The second kappa shape index (κ2) is 4.28. The fourth-order valence-electron chi connectivity index (χ4n) is 2.36. The van der Waals surface area contributed by atoms with E-state index in [2.05, 4.69) is 18.8 Å². The molecular weight excluding hydrogens is 204 g/mol. The van der Waals surface area contributed by atoms with Gasteiger partial charge in [-0.15, -0.1) is 0 Å². The molecule has 0 radical (unpaired) electrons. The maximum Gasteiger partial charge on any atom is 0.326 e. The molecule has 1 aliphatic heterocycles. The van der Waals surface area contributed by atoms with Gasteiger partial charge in [0.2, 0.25) is 0 Å². The molecule has 1 atom stereocenters. The highest BCUT2D eigenvalue weighted by molar-refractivity contribution is 5.72. The smallest absolute Gasteiger partial charge is 0.326 e. The lowest BCUT2D eigenvalue weighted by molar-refractivity contribution is -0.141. The van der Waals surface area contributed by atoms with Gasteiger partial charge in [-0.25, -0.2) is 9.78 Å². The first-order valence-electron chi connectivity index (χ1n) is 5.87. The van der Waals surface area contributed by atoms with Crippen LogP contribution in [0.4, 0.5) is 0 Å². The fraction of sp³-hybridized carbons (Fsp3) is 0.667. The van der Waals surface area contributed by atoms with Crippen LogP contribution < -0.4 is 0 Å². The molecule has 4 nitrogen and oxygen atoms in total. The lowest BCUT2D eigenvalue weighted by Crippen LogP contribution is -2.26. The molecule has 0 spiro atoms. The third kappa shape index (κ3) is 1.96. The van der Waals surface area contributed by atoms with Crippen LogP contribution >= 0.6 is 0 Å². The van der Waals surface area contributed by atoms with Crippen LogP contribution in [0.25, 0.3) is 0 Å². The van der Waals surface area contributed by atoms with Crippen molar-refractivity contribution in [3.63, 3.8) is 0 Å². The van der Waals surface area contributed by atoms with Gasteiger partial charge < -0.3 is 9.67 Å². The molecule has 0 aromatic carbocycles. The quantitative estimate of drug-likeness (QED) is 0.851. The van der Waals surface area contributed by atoms with E-state index in [1.54, 1.807) is 0 Å². The van der Waals surface area contributed by atoms with Crippen LogP contribution in [-0.4, -0.2) is 20.6 Å². The van der Waals surface area contributed by atoms with Gasteiger partial charge in [-0.05, 0) is 25.2 Å². The number of rotatable bonds is 3. The van der Waals surface area contributed by atoms with Gasteiger partial charge in [-0.3, -0.25) is 0 Å². The number of hydrogen-bond donors (Lipinski definition) is 1. The summed E-state index contributed by atoms with van der Waals surface area (Å²) < 4.78 is 1.94. The number of carboxylic acids is 1. The molecule has 88 valence electrons. The van der Waals surface area contributed by atoms with E-state index in [9.17, 15) is 9.90 Å². The Morgan fingerprint density at radius 2 is 2.44 bits per heavy atom. The Labute approximate surface area is 95.3 Å². The molecule has 0 fully saturated rings. The van der Waals surface area contributed by atoms with Gasteiger partial charge >= 0.3 is 5.97 Å². The minimum atomic E-state index is -0.732. The highest BCUT2D eigenvalue weighted by Crippen LogP contribution is 2.27. The lowest BCUT2D eigenvalue weighted by atomic mass is 10.0. The Morgan fingerprint density at radius 3 is 3.06 bits per heavy atom. The second-order valence-electron chi connectivity index (χ2n) is 4.88. The number of nitrogens with zero attached hydrogens (tertiary/aromatic N) is 2. The normalized spacial score (nSPS) is 19.8. The summed E-state index contributed by atoms with van der Waals surface area (Å²) in [4.78, 5) is 15.6. The van der Waals surface area contributed by atoms with Crippen molar-refractivity contribution in [3.8, 4) is 0 Å². The zero-order chi connectivity index (χ0) is 11.7. The topological polar surface area (TPSA) is 55.1 Å². The SMILES string of the molecule is CC(C)Cc1ncc2n1C(C(=O)O)CCC2. The van der Waals surface area contributed by atoms with Crippen LogP contribution in [0.1, 0.15) is 44.2 Å². The zero-order valence-corrected chi connectivity index (χ0v) is 9.81. The van der Waals surface area contributed by atoms with Crippen LogP contribution in [0.5, 0.6) is 0 Å². The Bertz CT molecular complexity index is 396. The first kappa shape index (κ1) is 11.2. The Hall–Kier alpha value is -1.32. The van der Waals surface area contributed by atoms with Crippen molar-refractivity contribution >= 4 is 5.97 Å². The van der Waals surface area contributed by atoms with Crippen molar-refractivity contribution in [1.82, 2.24) is 9.55 Å². The maximum absolute atomic E-state index is 11.2. The van der Waals surface area contributed by atoms with Gasteiger partial charge in [0.1, 0.15) is 11.9 Å². The fourth-order valence-corrected chi connectivity index (χ4v) is 2.36. The van der Waals surface area contributed by atoms with Crippen LogP contribution in [0, 0.1) is 5.92 Å². The summed E-state index contributed by atoms with van der Waals surface area (Å²) in [6.45, 7) is 4.25. The first-order chi connectivity index (χ1) is 7.59. The number of carboxylic acid groups (broad SMARTS) is 1. The van der Waals surface area contributed by atoms with Gasteiger partial charge in [0.25, 0.3) is 0 Å². The molecule has 1 aromatic rings. The predicted octanol–water partition coefficient (Wildman–Crippen LogP) is 2.04. The molecule has 1 unspecified atom stereocenters. The molecule has 2 rings (SSSR count). The zero-order valence-electron chi connectivity index (χ0n) is 9.81. The standard InChI is InChI=1S/C12H18N2O2/c1-8(2)6-11-13-7-9-4-3-5-10(12(15)16)14(9)11/h7-8,10H,3-6H2,1-2H3,(H,15,16). The highest BCUT2D eigenvalue weighted by atomic mass is 16.4. The molecule has 0 aliphatic carbocycles. The van der Waals surface area contributed by atoms with Gasteiger partial charge in [0.15, 0.2) is 0 Å². The third-order valence-corrected chi connectivity index (χ3v) is 3.05. The van der Waals surface area contributed by atoms with Crippen molar-refractivity contribution < 1.29 is 9.90 Å². The minimum absolute atomic E-state index is 0.403. The Kier molecular flexibility index (Phi) is 2.99. The van der Waals surface area contributed by atoms with Crippen molar-refractivity contribution in [2.24, 2.45) is 5.92 Å². The molecular formula is C12H18N2O2. The van der Waals surface area contributed by atoms with E-state index >= 15 is 0 Å². The maximum atomic E-state index is 11.2. The first-order valence-corrected chi connectivity index (χ1v) is 5.87. The van der Waals surface area contributed by atoms with Crippen molar-refractivity contribution in [2.45, 2.75) is 45.6 Å². The molecule has 1 aliphatic rings. The monoisotopic (exact) mass is 222 g/mol. The van der Waals surface area contributed by atoms with E-state index in [0.717, 1.165) is 37.2 Å². The molecule has 1 N–H and O–H groups in total. The van der Waals surface area contributed by atoms with Gasteiger partial charge in [0.05, 0.1) is 0 Å². The van der Waals surface area contributed by atoms with E-state index in [0.29, 0.717) is 5.92 Å². The van der Waals surface area contributed by atoms with Crippen LogP contribution in [0.15, 0.2) is 6.20 Å². The number of carbonyl (C=O) groups is 1. The number of aromatic nitrogens is 2. The summed E-state index contributed by atoms with van der Waals surface area (Å²) in [5.41, 5.74) is 1.08. The van der Waals surface area contributed by atoms with E-state index in [-0.39, 0.29) is 0 Å². The molecule has 0 amide bonds. The largest absolute Gasteiger partial charge is 0.480 e. The number of aliphatic carboxylic acids is 1. The van der Waals surface area contributed by atoms with Crippen LogP contribution in [0.3, 0.4) is 0 Å². The summed E-state index contributed by atoms with van der Waals surface area (Å²) in [5, 5.41) is 9.21. The van der Waals surface area contributed by atoms with Gasteiger partial charge in [-0.2, -0.15) is 0 Å². The van der Waals surface area contributed by atoms with E-state index in [4.69, 9.17) is 0 Å². The number of aryl methyl sites for hydroxylation is 1. The third-order valence-electron chi connectivity index (χ3n) is 3.05. The minimum Gasteiger partial charge on any atom is -0.480 e. The summed E-state index contributed by atoms with van der Waals surface area (Å²) in [6, 6.07) is -0.403. The Balaban J connectivity index is 2.36. The van der Waals surface area contributed by atoms with Gasteiger partial charge in [-0.1, -0.05) is 13.8 Å². The van der Waals surface area contributed by atoms with Crippen molar-refractivity contribution in [3.05, 3.63) is 17.7 Å². The molecule has 0 bridgehead atoms. The van der Waals surface area contributed by atoms with Crippen LogP contribution in [0.2, 0.25) is 0 Å². The summed E-state index contributed by atoms with van der Waals surface area (Å²) in [5.74, 6) is 0.698. The average molecular weight is 222 g/mol. The van der Waals surface area contributed by atoms with Gasteiger partial charge in [0, 0.05) is 18.3 Å². The summed E-state index contributed by atoms with van der Waals surface area (Å²) >= 11 is 0. The molecule has 4 heteroatoms. The molecule has 0 saturated heterocycles. The summed E-state index contributed by atoms with van der Waals surface area (Å²) in [7, 11) is 0.